The van der Waals surface area contributed by atoms with Crippen LogP contribution in [0.2, 0.25) is 0 Å². The highest BCUT2D eigenvalue weighted by Crippen LogP contribution is 2.18. The van der Waals surface area contributed by atoms with Crippen LogP contribution in [0.4, 0.5) is 0 Å². The predicted molar refractivity (Wildman–Crippen MR) is 88.9 cm³/mol. The Labute approximate surface area is 141 Å². The van der Waals surface area contributed by atoms with Crippen molar-refractivity contribution in [2.24, 2.45) is 0 Å². The van der Waals surface area contributed by atoms with Gasteiger partial charge in [-0.25, -0.2) is 13.2 Å². The van der Waals surface area contributed by atoms with Gasteiger partial charge >= 0.3 is 5.97 Å². The van der Waals surface area contributed by atoms with Crippen LogP contribution in [0.5, 0.6) is 0 Å². The quantitative estimate of drug-likeness (QED) is 0.431. The number of carbonyl (C=O) groups is 2. The summed E-state index contributed by atoms with van der Waals surface area (Å²) in [6.07, 6.45) is 0.910. The molecule has 1 amide bonds. The van der Waals surface area contributed by atoms with Crippen molar-refractivity contribution in [1.29, 1.82) is 0 Å². The highest BCUT2D eigenvalue weighted by Gasteiger charge is 2.31. The minimum Gasteiger partial charge on any atom is -0.508 e. The van der Waals surface area contributed by atoms with Crippen LogP contribution >= 0.6 is 0 Å². The van der Waals surface area contributed by atoms with E-state index in [0.717, 1.165) is 11.8 Å². The Morgan fingerprint density at radius 3 is 2.29 bits per heavy atom. The van der Waals surface area contributed by atoms with E-state index >= 15 is 0 Å². The van der Waals surface area contributed by atoms with Crippen molar-refractivity contribution in [3.8, 4) is 0 Å². The van der Waals surface area contributed by atoms with Crippen molar-refractivity contribution >= 4 is 21.7 Å². The second kappa shape index (κ2) is 8.49. The van der Waals surface area contributed by atoms with Gasteiger partial charge in [-0.05, 0) is 18.9 Å². The Hall–Kier alpha value is -2.35. The number of hydrogen-bond donors (Lipinski definition) is 2. The number of hydrogen-bond acceptors (Lipinski definition) is 6. The molecule has 0 aromatic heterocycles. The largest absolute Gasteiger partial charge is 0.508 e. The van der Waals surface area contributed by atoms with Gasteiger partial charge in [0.25, 0.3) is 0 Å². The molecule has 2 N–H and O–H groups in total. The number of amides is 1. The standard InChI is InChI=1S/C16H21NO6S/c1-4-23-16(20)15(24(3,21)22)14(19)13(17-11(2)18)10-12-8-6-5-7-9-12/h5-9,13,19H,4,10H2,1-3H3,(H,17,18)/b15-14-/t13-/m0/s1. The number of esters is 1. The summed E-state index contributed by atoms with van der Waals surface area (Å²) in [6.45, 7) is 2.70. The molecule has 0 radical (unpaired) electrons. The molecule has 132 valence electrons. The molecule has 0 saturated heterocycles. The van der Waals surface area contributed by atoms with Crippen LogP contribution in [0.25, 0.3) is 0 Å². The number of nitrogens with one attached hydrogen (secondary N) is 1. The average molecular weight is 355 g/mol. The van der Waals surface area contributed by atoms with Gasteiger partial charge in [0.1, 0.15) is 5.76 Å². The van der Waals surface area contributed by atoms with Crippen molar-refractivity contribution < 1.29 is 27.9 Å². The van der Waals surface area contributed by atoms with Crippen LogP contribution in [0.15, 0.2) is 41.0 Å². The van der Waals surface area contributed by atoms with E-state index in [-0.39, 0.29) is 13.0 Å². The normalized spacial score (nSPS) is 13.6. The predicted octanol–water partition coefficient (Wildman–Crippen LogP) is 1.11. The molecule has 8 heteroatoms. The van der Waals surface area contributed by atoms with Gasteiger partial charge in [-0.2, -0.15) is 0 Å². The smallest absolute Gasteiger partial charge is 0.353 e. The minimum atomic E-state index is -4.05. The fourth-order valence-electron chi connectivity index (χ4n) is 2.11. The second-order valence-electron chi connectivity index (χ2n) is 5.15. The molecular weight excluding hydrogens is 334 g/mol. The molecule has 24 heavy (non-hydrogen) atoms. The van der Waals surface area contributed by atoms with E-state index in [2.05, 4.69) is 5.32 Å². The molecule has 7 nitrogen and oxygen atoms in total. The Kier molecular flexibility index (Phi) is 6.97. The zero-order chi connectivity index (χ0) is 18.3. The number of sulfone groups is 1. The zero-order valence-corrected chi connectivity index (χ0v) is 14.6. The summed E-state index contributed by atoms with van der Waals surface area (Å²) in [4.78, 5) is 22.5. The molecular formula is C16H21NO6S. The number of aliphatic hydroxyl groups is 1. The van der Waals surface area contributed by atoms with E-state index in [1.54, 1.807) is 30.3 Å². The van der Waals surface area contributed by atoms with Gasteiger partial charge in [-0.1, -0.05) is 30.3 Å². The Balaban J connectivity index is 3.34. The lowest BCUT2D eigenvalue weighted by molar-refractivity contribution is -0.138. The third-order valence-electron chi connectivity index (χ3n) is 3.05. The van der Waals surface area contributed by atoms with Gasteiger partial charge in [-0.15, -0.1) is 0 Å². The van der Waals surface area contributed by atoms with Crippen molar-refractivity contribution in [3.63, 3.8) is 0 Å². The summed E-state index contributed by atoms with van der Waals surface area (Å²) >= 11 is 0. The van der Waals surface area contributed by atoms with Crippen molar-refractivity contribution in [2.75, 3.05) is 12.9 Å². The van der Waals surface area contributed by atoms with Crippen molar-refractivity contribution in [3.05, 3.63) is 46.6 Å². The van der Waals surface area contributed by atoms with Crippen molar-refractivity contribution in [1.82, 2.24) is 5.32 Å². The van der Waals surface area contributed by atoms with Gasteiger partial charge < -0.3 is 15.2 Å². The molecule has 0 aliphatic carbocycles. The lowest BCUT2D eigenvalue weighted by Gasteiger charge is -2.19. The van der Waals surface area contributed by atoms with E-state index in [1.807, 2.05) is 0 Å². The van der Waals surface area contributed by atoms with Crippen LogP contribution < -0.4 is 5.32 Å². The molecule has 0 fully saturated rings. The molecule has 0 heterocycles. The second-order valence-corrected chi connectivity index (χ2v) is 7.10. The first kappa shape index (κ1) is 19.7. The highest BCUT2D eigenvalue weighted by atomic mass is 32.2. The maximum atomic E-state index is 11.9. The monoisotopic (exact) mass is 355 g/mol. The molecule has 1 aromatic rings. The summed E-state index contributed by atoms with van der Waals surface area (Å²) < 4.78 is 28.5. The molecule has 1 rings (SSSR count). The number of ether oxygens (including phenoxy) is 1. The van der Waals surface area contributed by atoms with Crippen LogP contribution in [0, 0.1) is 0 Å². The first-order valence-corrected chi connectivity index (χ1v) is 9.17. The van der Waals surface area contributed by atoms with E-state index in [1.165, 1.54) is 13.8 Å². The molecule has 0 spiro atoms. The molecule has 0 aliphatic heterocycles. The van der Waals surface area contributed by atoms with Gasteiger partial charge in [0.2, 0.25) is 5.91 Å². The van der Waals surface area contributed by atoms with Gasteiger partial charge in [0.15, 0.2) is 14.7 Å². The van der Waals surface area contributed by atoms with E-state index in [4.69, 9.17) is 4.74 Å². The van der Waals surface area contributed by atoms with Crippen LogP contribution in [0.3, 0.4) is 0 Å². The molecule has 0 bridgehead atoms. The third kappa shape index (κ3) is 5.69. The molecule has 1 atom stereocenters. The maximum absolute atomic E-state index is 11.9. The van der Waals surface area contributed by atoms with E-state index in [9.17, 15) is 23.1 Å². The molecule has 0 unspecified atom stereocenters. The topological polar surface area (TPSA) is 110 Å². The summed E-state index contributed by atoms with van der Waals surface area (Å²) in [7, 11) is -4.05. The van der Waals surface area contributed by atoms with Crippen LogP contribution in [-0.4, -0.2) is 44.3 Å². The molecule has 0 saturated carbocycles. The fourth-order valence-corrected chi connectivity index (χ4v) is 3.00. The number of aliphatic hydroxyl groups excluding tert-OH is 1. The minimum absolute atomic E-state index is 0.0470. The number of rotatable bonds is 7. The zero-order valence-electron chi connectivity index (χ0n) is 13.8. The lowest BCUT2D eigenvalue weighted by Crippen LogP contribution is -2.38. The average Bonchev–Trinajstić information content (AvgIpc) is 2.46. The Morgan fingerprint density at radius 2 is 1.83 bits per heavy atom. The van der Waals surface area contributed by atoms with Gasteiger partial charge in [-0.3, -0.25) is 4.79 Å². The summed E-state index contributed by atoms with van der Waals surface area (Å²) in [6, 6.07) is 7.78. The fraction of sp³-hybridized carbons (Fsp3) is 0.375. The lowest BCUT2D eigenvalue weighted by atomic mass is 10.0. The van der Waals surface area contributed by atoms with Crippen molar-refractivity contribution in [2.45, 2.75) is 26.3 Å². The first-order valence-electron chi connectivity index (χ1n) is 7.28. The Morgan fingerprint density at radius 1 is 1.25 bits per heavy atom. The number of benzene rings is 1. The SMILES string of the molecule is CCOC(=O)/C(=C(/O)[C@H](Cc1ccccc1)NC(C)=O)S(C)(=O)=O. The highest BCUT2D eigenvalue weighted by molar-refractivity contribution is 7.95. The maximum Gasteiger partial charge on any atom is 0.353 e. The Bertz CT molecular complexity index is 724. The summed E-state index contributed by atoms with van der Waals surface area (Å²) in [5, 5.41) is 12.9. The molecule has 0 aliphatic rings. The van der Waals surface area contributed by atoms with Crippen LogP contribution in [0.1, 0.15) is 19.4 Å². The summed E-state index contributed by atoms with van der Waals surface area (Å²) in [5.41, 5.74) is 0.750. The third-order valence-corrected chi connectivity index (χ3v) is 4.17. The van der Waals surface area contributed by atoms with E-state index < -0.39 is 38.4 Å². The summed E-state index contributed by atoms with van der Waals surface area (Å²) in [5.74, 6) is -2.37. The first-order chi connectivity index (χ1) is 11.2. The van der Waals surface area contributed by atoms with Gasteiger partial charge in [0, 0.05) is 13.2 Å². The van der Waals surface area contributed by atoms with Gasteiger partial charge in [0.05, 0.1) is 12.6 Å². The molecule has 1 aromatic carbocycles. The van der Waals surface area contributed by atoms with E-state index in [0.29, 0.717) is 0 Å². The number of carbonyl (C=O) groups excluding carboxylic acids is 2. The van der Waals surface area contributed by atoms with Crippen LogP contribution in [-0.2, 0) is 30.6 Å².